The van der Waals surface area contributed by atoms with Crippen LogP contribution >= 0.6 is 15.9 Å². The Hall–Kier alpha value is -2.28. The van der Waals surface area contributed by atoms with Crippen LogP contribution in [0, 0.1) is 0 Å². The fourth-order valence-corrected chi connectivity index (χ4v) is 3.09. The first kappa shape index (κ1) is 13.4. The molecule has 2 aromatic heterocycles. The lowest BCUT2D eigenvalue weighted by Crippen LogP contribution is -2.27. The van der Waals surface area contributed by atoms with Gasteiger partial charge in [0.05, 0.1) is 12.3 Å². The molecule has 4 rings (SSSR count). The van der Waals surface area contributed by atoms with Crippen LogP contribution in [0.15, 0.2) is 51.6 Å². The van der Waals surface area contributed by atoms with Crippen molar-refractivity contribution in [2.75, 3.05) is 11.1 Å². The number of nitrogen functional groups attached to an aromatic ring is 1. The Morgan fingerprint density at radius 3 is 2.82 bits per heavy atom. The van der Waals surface area contributed by atoms with E-state index in [1.165, 1.54) is 5.56 Å². The molecule has 2 atom stereocenters. The number of nitrogens with one attached hydrogen (secondary N) is 1. The van der Waals surface area contributed by atoms with Gasteiger partial charge in [-0.1, -0.05) is 28.1 Å². The van der Waals surface area contributed by atoms with Gasteiger partial charge < -0.3 is 15.5 Å². The second-order valence-electron chi connectivity index (χ2n) is 5.25. The van der Waals surface area contributed by atoms with E-state index in [0.717, 1.165) is 16.7 Å². The summed E-state index contributed by atoms with van der Waals surface area (Å²) in [5, 5.41) is 7.68. The highest BCUT2D eigenvalue weighted by molar-refractivity contribution is 9.10. The number of rotatable bonds is 2. The van der Waals surface area contributed by atoms with E-state index in [2.05, 4.69) is 43.5 Å². The number of hydrogen-bond acceptors (Lipinski definition) is 5. The van der Waals surface area contributed by atoms with E-state index in [4.69, 9.17) is 10.2 Å². The Balaban J connectivity index is 1.74. The van der Waals surface area contributed by atoms with Crippen LogP contribution in [-0.2, 0) is 0 Å². The molecule has 0 amide bonds. The van der Waals surface area contributed by atoms with E-state index < -0.39 is 0 Å². The lowest BCUT2D eigenvalue weighted by Gasteiger charge is -2.30. The summed E-state index contributed by atoms with van der Waals surface area (Å²) in [6.45, 7) is 0. The van der Waals surface area contributed by atoms with Gasteiger partial charge in [-0.25, -0.2) is 4.68 Å². The van der Waals surface area contributed by atoms with Crippen molar-refractivity contribution >= 4 is 27.8 Å². The van der Waals surface area contributed by atoms with E-state index in [1.54, 1.807) is 10.9 Å². The summed E-state index contributed by atoms with van der Waals surface area (Å²) in [7, 11) is 0. The number of aromatic nitrogens is 3. The quantitative estimate of drug-likeness (QED) is 0.732. The zero-order valence-corrected chi connectivity index (χ0v) is 13.2. The van der Waals surface area contributed by atoms with Gasteiger partial charge in [-0.2, -0.15) is 4.98 Å². The highest BCUT2D eigenvalue weighted by atomic mass is 79.9. The molecule has 0 radical (unpaired) electrons. The molecule has 0 saturated carbocycles. The third-order valence-electron chi connectivity index (χ3n) is 3.85. The highest BCUT2D eigenvalue weighted by Crippen LogP contribution is 2.38. The van der Waals surface area contributed by atoms with Crippen molar-refractivity contribution in [2.24, 2.45) is 0 Å². The molecule has 0 unspecified atom stereocenters. The van der Waals surface area contributed by atoms with Crippen LogP contribution in [0.2, 0.25) is 0 Å². The van der Waals surface area contributed by atoms with Crippen molar-refractivity contribution in [3.8, 4) is 0 Å². The van der Waals surface area contributed by atoms with Gasteiger partial charge in [0, 0.05) is 10.9 Å². The van der Waals surface area contributed by atoms with Gasteiger partial charge >= 0.3 is 0 Å². The van der Waals surface area contributed by atoms with Crippen LogP contribution in [0.3, 0.4) is 0 Å². The van der Waals surface area contributed by atoms with E-state index in [-0.39, 0.29) is 18.0 Å². The minimum absolute atomic E-state index is 0.0234. The highest BCUT2D eigenvalue weighted by Gasteiger charge is 2.32. The first-order chi connectivity index (χ1) is 10.7. The molecule has 7 heteroatoms. The third kappa shape index (κ3) is 2.27. The summed E-state index contributed by atoms with van der Waals surface area (Å²) in [5.74, 6) is 1.78. The lowest BCUT2D eigenvalue weighted by molar-refractivity contribution is 0.359. The summed E-state index contributed by atoms with van der Waals surface area (Å²) in [6, 6.07) is 12.2. The number of hydrogen-bond donors (Lipinski definition) is 2. The van der Waals surface area contributed by atoms with Crippen LogP contribution in [0.1, 0.15) is 29.8 Å². The van der Waals surface area contributed by atoms with Gasteiger partial charge in [0.2, 0.25) is 11.9 Å². The first-order valence-corrected chi connectivity index (χ1v) is 7.77. The molecule has 0 spiro atoms. The molecule has 1 aromatic carbocycles. The van der Waals surface area contributed by atoms with E-state index in [0.29, 0.717) is 5.95 Å². The average Bonchev–Trinajstić information content (AvgIpc) is 3.15. The average molecular weight is 360 g/mol. The van der Waals surface area contributed by atoms with E-state index in [9.17, 15) is 0 Å². The zero-order valence-electron chi connectivity index (χ0n) is 11.6. The fraction of sp³-hybridized carbons (Fsp3) is 0.200. The molecule has 0 bridgehead atoms. The van der Waals surface area contributed by atoms with Crippen molar-refractivity contribution in [1.82, 2.24) is 14.8 Å². The number of fused-ring (bicyclic) bond motifs is 1. The predicted octanol–water partition coefficient (Wildman–Crippen LogP) is 3.36. The summed E-state index contributed by atoms with van der Waals surface area (Å²) in [4.78, 5) is 4.27. The molecule has 0 saturated heterocycles. The van der Waals surface area contributed by atoms with E-state index >= 15 is 0 Å². The largest absolute Gasteiger partial charge is 0.467 e. The maximum absolute atomic E-state index is 5.76. The van der Waals surface area contributed by atoms with Crippen molar-refractivity contribution in [2.45, 2.75) is 18.5 Å². The Labute approximate surface area is 135 Å². The molecule has 0 aliphatic carbocycles. The number of anilines is 2. The van der Waals surface area contributed by atoms with Gasteiger partial charge in [-0.15, -0.1) is 5.10 Å². The summed E-state index contributed by atoms with van der Waals surface area (Å²) >= 11 is 3.46. The maximum Gasteiger partial charge on any atom is 0.241 e. The molecule has 3 heterocycles. The normalized spacial score (nSPS) is 20.4. The van der Waals surface area contributed by atoms with Crippen molar-refractivity contribution in [1.29, 1.82) is 0 Å². The molecule has 1 aliphatic rings. The van der Waals surface area contributed by atoms with Gasteiger partial charge in [-0.3, -0.25) is 0 Å². The summed E-state index contributed by atoms with van der Waals surface area (Å²) < 4.78 is 8.43. The van der Waals surface area contributed by atoms with Gasteiger partial charge in [-0.05, 0) is 29.8 Å². The Morgan fingerprint density at radius 2 is 2.09 bits per heavy atom. The first-order valence-electron chi connectivity index (χ1n) is 6.98. The van der Waals surface area contributed by atoms with Crippen LogP contribution in [0.25, 0.3) is 0 Å². The number of furan rings is 1. The molecular weight excluding hydrogens is 346 g/mol. The van der Waals surface area contributed by atoms with Gasteiger partial charge in [0.1, 0.15) is 11.8 Å². The minimum Gasteiger partial charge on any atom is -0.467 e. The number of nitrogens with zero attached hydrogens (tertiary/aromatic N) is 3. The smallest absolute Gasteiger partial charge is 0.241 e. The molecular formula is C15H14BrN5O. The monoisotopic (exact) mass is 359 g/mol. The standard InChI is InChI=1S/C15H14BrN5O/c16-10-5-3-9(4-6-10)11-8-12(13-2-1-7-22-13)21-15(18-11)19-14(17)20-21/h1-7,11-12H,8H2,(H3,17,18,19,20)/t11-,12+/m0/s1. The molecule has 22 heavy (non-hydrogen) atoms. The molecule has 0 fully saturated rings. The number of benzene rings is 1. The van der Waals surface area contributed by atoms with Crippen LogP contribution in [0.4, 0.5) is 11.9 Å². The lowest BCUT2D eigenvalue weighted by atomic mass is 9.96. The number of halogens is 1. The fourth-order valence-electron chi connectivity index (χ4n) is 2.83. The molecule has 6 nitrogen and oxygen atoms in total. The second-order valence-corrected chi connectivity index (χ2v) is 6.17. The zero-order chi connectivity index (χ0) is 15.1. The Morgan fingerprint density at radius 1 is 1.27 bits per heavy atom. The maximum atomic E-state index is 5.76. The predicted molar refractivity (Wildman–Crippen MR) is 86.4 cm³/mol. The van der Waals surface area contributed by atoms with Crippen LogP contribution < -0.4 is 11.1 Å². The summed E-state index contributed by atoms with van der Waals surface area (Å²) in [6.07, 6.45) is 2.48. The Bertz CT molecular complexity index is 781. The molecule has 3 N–H and O–H groups in total. The topological polar surface area (TPSA) is 81.9 Å². The third-order valence-corrected chi connectivity index (χ3v) is 4.38. The second kappa shape index (κ2) is 5.17. The minimum atomic E-state index is -0.0234. The van der Waals surface area contributed by atoms with Crippen molar-refractivity contribution in [3.05, 3.63) is 58.5 Å². The van der Waals surface area contributed by atoms with Gasteiger partial charge in [0.15, 0.2) is 0 Å². The van der Waals surface area contributed by atoms with Crippen LogP contribution in [0.5, 0.6) is 0 Å². The number of nitrogens with two attached hydrogens (primary N) is 1. The van der Waals surface area contributed by atoms with Crippen molar-refractivity contribution in [3.63, 3.8) is 0 Å². The molecule has 112 valence electrons. The van der Waals surface area contributed by atoms with Crippen molar-refractivity contribution < 1.29 is 4.42 Å². The van der Waals surface area contributed by atoms with Gasteiger partial charge in [0.25, 0.3) is 0 Å². The molecule has 1 aliphatic heterocycles. The SMILES string of the molecule is Nc1nc2n(n1)[C@@H](c1ccco1)C[C@@H](c1ccc(Br)cc1)N2. The Kier molecular flexibility index (Phi) is 3.15. The summed E-state index contributed by atoms with van der Waals surface area (Å²) in [5.41, 5.74) is 6.95. The molecule has 3 aromatic rings. The van der Waals surface area contributed by atoms with E-state index in [1.807, 2.05) is 24.3 Å². The van der Waals surface area contributed by atoms with Crippen LogP contribution in [-0.4, -0.2) is 14.8 Å².